The molecule has 0 fully saturated rings. The molecule has 4 heteroatoms. The Morgan fingerprint density at radius 2 is 1.58 bits per heavy atom. The van der Waals surface area contributed by atoms with Gasteiger partial charge in [-0.15, -0.1) is 0 Å². The first-order valence-electron chi connectivity index (χ1n) is 4.21. The van der Waals surface area contributed by atoms with E-state index in [0.717, 1.165) is 0 Å². The molecule has 0 atom stereocenters. The van der Waals surface area contributed by atoms with E-state index >= 15 is 0 Å². The average molecular weight is 196 g/mol. The topological polar surface area (TPSA) is 57.5 Å². The van der Waals surface area contributed by atoms with Gasteiger partial charge < -0.3 is 9.79 Å². The molecule has 0 rings (SSSR count). The van der Waals surface area contributed by atoms with Crippen molar-refractivity contribution in [2.75, 3.05) is 0 Å². The number of unbranched alkanes of at least 4 members (excludes halogenated alkanes) is 1. The van der Waals surface area contributed by atoms with Gasteiger partial charge in [0.15, 0.2) is 0 Å². The molecule has 0 amide bonds. The van der Waals surface area contributed by atoms with Crippen molar-refractivity contribution in [3.05, 3.63) is 0 Å². The van der Waals surface area contributed by atoms with Crippen LogP contribution in [0.2, 0.25) is 0 Å². The van der Waals surface area contributed by atoms with E-state index in [9.17, 15) is 0 Å². The minimum absolute atomic E-state index is 0.552. The fourth-order valence-corrected chi connectivity index (χ4v) is 0.707. The van der Waals surface area contributed by atoms with Gasteiger partial charge in [-0.2, -0.15) is 0 Å². The van der Waals surface area contributed by atoms with Crippen molar-refractivity contribution in [3.8, 4) is 0 Å². The second-order valence-corrected chi connectivity index (χ2v) is 4.51. The minimum atomic E-state index is -3.13. The molecule has 12 heavy (non-hydrogen) atoms. The quantitative estimate of drug-likeness (QED) is 0.667. The fraction of sp³-hybridized carbons (Fsp3) is 1.00. The van der Waals surface area contributed by atoms with Crippen LogP contribution in [0.1, 0.15) is 47.0 Å². The molecule has 0 aromatic heterocycles. The summed E-state index contributed by atoms with van der Waals surface area (Å²) in [7, 11) is -3.13. The van der Waals surface area contributed by atoms with Crippen LogP contribution >= 0.6 is 8.25 Å². The monoisotopic (exact) mass is 196 g/mol. The summed E-state index contributed by atoms with van der Waals surface area (Å²) in [5.41, 5.74) is 0.552. The third-order valence-electron chi connectivity index (χ3n) is 1.28. The van der Waals surface area contributed by atoms with Crippen molar-refractivity contribution < 1.29 is 14.4 Å². The molecule has 0 heterocycles. The average Bonchev–Trinajstić information content (AvgIpc) is 1.80. The summed E-state index contributed by atoms with van der Waals surface area (Å²) in [5, 5.41) is 0. The maximum absolute atomic E-state index is 8.74. The van der Waals surface area contributed by atoms with Gasteiger partial charge in [-0.05, 0) is 11.8 Å². The highest BCUT2D eigenvalue weighted by molar-refractivity contribution is 7.30. The predicted octanol–water partition coefficient (Wildman–Crippen LogP) is 2.58. The number of rotatable bonds is 2. The summed E-state index contributed by atoms with van der Waals surface area (Å²) >= 11 is 0. The molecule has 0 unspecified atom stereocenters. The van der Waals surface area contributed by atoms with Crippen LogP contribution in [0, 0.1) is 5.41 Å². The maximum Gasteiger partial charge on any atom is 0.314 e. The lowest BCUT2D eigenvalue weighted by Gasteiger charge is -2.16. The standard InChI is InChI=1S/C8H18.H3O3P/c1-5-6-7-8(2,3)4;1-4(2)3/h5-7H2,1-4H3;4H,(H2,1,2,3). The molecule has 0 saturated heterocycles. The van der Waals surface area contributed by atoms with Gasteiger partial charge in [-0.25, -0.2) is 0 Å². The van der Waals surface area contributed by atoms with E-state index in [2.05, 4.69) is 27.7 Å². The first kappa shape index (κ1) is 14.7. The van der Waals surface area contributed by atoms with Gasteiger partial charge in [0.1, 0.15) is 0 Å². The highest BCUT2D eigenvalue weighted by Crippen LogP contribution is 2.20. The van der Waals surface area contributed by atoms with E-state index in [1.54, 1.807) is 0 Å². The van der Waals surface area contributed by atoms with Crippen LogP contribution in [0.5, 0.6) is 0 Å². The Kier molecular flexibility index (Phi) is 9.51. The van der Waals surface area contributed by atoms with Crippen molar-refractivity contribution in [1.29, 1.82) is 0 Å². The molecule has 0 aliphatic carbocycles. The zero-order chi connectivity index (χ0) is 10.2. The highest BCUT2D eigenvalue weighted by Gasteiger charge is 2.07. The number of hydrogen-bond donors (Lipinski definition) is 2. The Hall–Kier alpha value is 0.150. The zero-order valence-electron chi connectivity index (χ0n) is 8.42. The molecule has 2 N–H and O–H groups in total. The smallest absolute Gasteiger partial charge is 0.314 e. The maximum atomic E-state index is 8.74. The molecule has 3 nitrogen and oxygen atoms in total. The Balaban J connectivity index is 0. The van der Waals surface area contributed by atoms with Crippen LogP contribution in [0.25, 0.3) is 0 Å². The molecular formula is C8H21O3P. The molecular weight excluding hydrogens is 175 g/mol. The van der Waals surface area contributed by atoms with E-state index in [0.29, 0.717) is 5.41 Å². The Bertz CT molecular complexity index is 114. The van der Waals surface area contributed by atoms with Gasteiger partial charge in [0.2, 0.25) is 0 Å². The normalized spacial score (nSPS) is 10.9. The van der Waals surface area contributed by atoms with E-state index in [-0.39, 0.29) is 0 Å². The van der Waals surface area contributed by atoms with Crippen molar-refractivity contribution in [2.24, 2.45) is 5.41 Å². The SMILES string of the molecule is CCCCC(C)(C)C.O=[PH](O)O. The molecule has 76 valence electrons. The summed E-state index contributed by atoms with van der Waals surface area (Å²) in [6.07, 6.45) is 4.07. The molecule has 0 saturated carbocycles. The predicted molar refractivity (Wildman–Crippen MR) is 52.4 cm³/mol. The summed E-state index contributed by atoms with van der Waals surface area (Å²) in [6.45, 7) is 9.12. The summed E-state index contributed by atoms with van der Waals surface area (Å²) in [4.78, 5) is 14.3. The van der Waals surface area contributed by atoms with E-state index in [1.807, 2.05) is 0 Å². The molecule has 0 spiro atoms. The van der Waals surface area contributed by atoms with E-state index in [1.165, 1.54) is 19.3 Å². The van der Waals surface area contributed by atoms with Crippen LogP contribution in [0.3, 0.4) is 0 Å². The summed E-state index contributed by atoms with van der Waals surface area (Å²) in [5.74, 6) is 0. The van der Waals surface area contributed by atoms with Crippen molar-refractivity contribution >= 4 is 8.25 Å². The van der Waals surface area contributed by atoms with Gasteiger partial charge in [0.25, 0.3) is 0 Å². The van der Waals surface area contributed by atoms with Crippen molar-refractivity contribution in [1.82, 2.24) is 0 Å². The van der Waals surface area contributed by atoms with Crippen LogP contribution < -0.4 is 0 Å². The van der Waals surface area contributed by atoms with Crippen molar-refractivity contribution in [2.45, 2.75) is 47.0 Å². The first-order chi connectivity index (χ1) is 5.29. The van der Waals surface area contributed by atoms with Crippen LogP contribution in [0.4, 0.5) is 0 Å². The van der Waals surface area contributed by atoms with Gasteiger partial charge in [-0.3, -0.25) is 4.57 Å². The van der Waals surface area contributed by atoms with Gasteiger partial charge in [0.05, 0.1) is 0 Å². The van der Waals surface area contributed by atoms with Crippen LogP contribution in [-0.4, -0.2) is 9.79 Å². The highest BCUT2D eigenvalue weighted by atomic mass is 31.1. The zero-order valence-corrected chi connectivity index (χ0v) is 9.42. The van der Waals surface area contributed by atoms with E-state index in [4.69, 9.17) is 14.4 Å². The third kappa shape index (κ3) is 32.0. The fourth-order valence-electron chi connectivity index (χ4n) is 0.707. The van der Waals surface area contributed by atoms with Gasteiger partial charge >= 0.3 is 8.25 Å². The Morgan fingerprint density at radius 3 is 1.67 bits per heavy atom. The Labute approximate surface area is 75.8 Å². The number of hydrogen-bond acceptors (Lipinski definition) is 1. The second-order valence-electron chi connectivity index (χ2n) is 3.95. The molecule has 0 radical (unpaired) electrons. The van der Waals surface area contributed by atoms with Gasteiger partial charge in [0, 0.05) is 0 Å². The largest absolute Gasteiger partial charge is 0.326 e. The molecule has 0 aliphatic heterocycles. The van der Waals surface area contributed by atoms with E-state index < -0.39 is 8.25 Å². The Morgan fingerprint density at radius 1 is 1.25 bits per heavy atom. The van der Waals surface area contributed by atoms with Crippen LogP contribution in [0.15, 0.2) is 0 Å². The van der Waals surface area contributed by atoms with Crippen LogP contribution in [-0.2, 0) is 4.57 Å². The lowest BCUT2D eigenvalue weighted by molar-refractivity contribution is 0.363. The first-order valence-corrected chi connectivity index (χ1v) is 5.51. The molecule has 0 aliphatic rings. The third-order valence-corrected chi connectivity index (χ3v) is 1.28. The van der Waals surface area contributed by atoms with Gasteiger partial charge in [-0.1, -0.05) is 40.5 Å². The minimum Gasteiger partial charge on any atom is -0.326 e. The summed E-state index contributed by atoms with van der Waals surface area (Å²) < 4.78 is 8.74. The lowest BCUT2D eigenvalue weighted by atomic mass is 9.90. The second kappa shape index (κ2) is 7.78. The molecule has 0 aromatic carbocycles. The van der Waals surface area contributed by atoms with Crippen molar-refractivity contribution in [3.63, 3.8) is 0 Å². The summed E-state index contributed by atoms with van der Waals surface area (Å²) in [6, 6.07) is 0. The molecule has 0 bridgehead atoms. The molecule has 0 aromatic rings. The lowest BCUT2D eigenvalue weighted by Crippen LogP contribution is -2.03.